The van der Waals surface area contributed by atoms with E-state index in [1.54, 1.807) is 0 Å². The molecule has 32 heteroatoms. The Labute approximate surface area is 769 Å². The van der Waals surface area contributed by atoms with Crippen molar-refractivity contribution < 1.29 is 65.8 Å². The Bertz CT molecular complexity index is 5100. The number of pyridine rings is 6. The largest absolute Gasteiger partial charge is 0.444 e. The summed E-state index contributed by atoms with van der Waals surface area (Å²) in [5.74, 6) is -0.614. The maximum Gasteiger partial charge on any atom is 0.407 e. The third kappa shape index (κ3) is 30.7. The lowest BCUT2D eigenvalue weighted by atomic mass is 10.0. The SMILES string of the molecule is Cc1ccc(N2CCC[C@H](N(Cc3ccnc(C)c3)Cc3cn(C4CC4)c4cc(N5CC[C@H](CNC(=O)CCOCCOCCOCCOCCN)C5)c(F)cc4c3=O)C2)cn1.Cc1ccc(N2CCC[C@H](N(Cc3ccnc(C)c3)Cc3cn(C4CC4)c4cc(N5CC[C@H](CNC(=O)CCOCCOCCOCCOCCNC(=O)OC(C)(C)C)C5)c(F)cc4c3=O)C2)cn1. The number of ether oxygens (including phenoxy) is 9. The lowest BCUT2D eigenvalue weighted by Gasteiger charge is -2.40. The summed E-state index contributed by atoms with van der Waals surface area (Å²) in [4.78, 5) is 97.6. The molecule has 10 heterocycles. The molecule has 3 amide bonds. The van der Waals surface area contributed by atoms with Gasteiger partial charge >= 0.3 is 6.09 Å². The number of amides is 3. The predicted molar refractivity (Wildman–Crippen MR) is 503 cm³/mol. The van der Waals surface area contributed by atoms with Crippen LogP contribution in [0.4, 0.5) is 36.3 Å². The molecule has 712 valence electrons. The first-order chi connectivity index (χ1) is 63.5. The number of aryl methyl sites for hydroxylation is 4. The Morgan fingerprint density at radius 3 is 1.24 bits per heavy atom. The highest BCUT2D eigenvalue weighted by Crippen LogP contribution is 2.42. The smallest absolute Gasteiger partial charge is 0.407 e. The molecular formula is C99H138F2N16O14. The van der Waals surface area contributed by atoms with Gasteiger partial charge in [0.05, 0.1) is 152 Å². The highest BCUT2D eigenvalue weighted by Gasteiger charge is 2.36. The first-order valence-electron chi connectivity index (χ1n) is 47.3. The minimum absolute atomic E-state index is 0.0744. The number of hydrogen-bond acceptors (Lipinski definition) is 25. The Morgan fingerprint density at radius 2 is 0.855 bits per heavy atom. The summed E-state index contributed by atoms with van der Waals surface area (Å²) in [7, 11) is 0. The number of carbonyl (C=O) groups excluding carboxylic acids is 3. The normalized spacial score (nSPS) is 17.7. The van der Waals surface area contributed by atoms with Crippen molar-refractivity contribution in [3.63, 3.8) is 0 Å². The number of carbonyl (C=O) groups is 3. The fourth-order valence-corrected chi connectivity index (χ4v) is 17.7. The number of nitrogens with one attached hydrogen (secondary N) is 3. The van der Waals surface area contributed by atoms with E-state index in [0.717, 1.165) is 147 Å². The molecule has 14 rings (SSSR count). The van der Waals surface area contributed by atoms with E-state index in [1.165, 1.54) is 12.1 Å². The number of alkyl carbamates (subject to hydrolysis) is 1. The van der Waals surface area contributed by atoms with Gasteiger partial charge in [0, 0.05) is 211 Å². The minimum atomic E-state index is -0.538. The molecule has 4 aliphatic heterocycles. The minimum Gasteiger partial charge on any atom is -0.444 e. The van der Waals surface area contributed by atoms with Crippen LogP contribution in [0.15, 0.2) is 120 Å². The monoisotopic (exact) mass is 1810 g/mol. The molecule has 0 spiro atoms. The number of hydrogen-bond donors (Lipinski definition) is 4. The highest BCUT2D eigenvalue weighted by atomic mass is 19.1. The van der Waals surface area contributed by atoms with E-state index >= 15 is 8.78 Å². The van der Waals surface area contributed by atoms with Crippen molar-refractivity contribution >= 4 is 62.5 Å². The maximum absolute atomic E-state index is 16.3. The molecular weight excluding hydrogens is 1680 g/mol. The first-order valence-corrected chi connectivity index (χ1v) is 47.3. The molecule has 2 saturated carbocycles. The molecule has 4 atom stereocenters. The van der Waals surface area contributed by atoms with Gasteiger partial charge in [0.25, 0.3) is 0 Å². The molecule has 131 heavy (non-hydrogen) atoms. The van der Waals surface area contributed by atoms with Gasteiger partial charge in [-0.05, 0) is 208 Å². The third-order valence-electron chi connectivity index (χ3n) is 24.8. The van der Waals surface area contributed by atoms with Crippen molar-refractivity contribution in [1.82, 2.24) is 54.8 Å². The lowest BCUT2D eigenvalue weighted by Crippen LogP contribution is -2.48. The van der Waals surface area contributed by atoms with Gasteiger partial charge in [-0.15, -0.1) is 0 Å². The van der Waals surface area contributed by atoms with E-state index in [0.29, 0.717) is 211 Å². The number of nitrogens with two attached hydrogens (primary N) is 1. The van der Waals surface area contributed by atoms with Crippen LogP contribution in [0, 0.1) is 51.2 Å². The number of nitrogens with zero attached hydrogens (tertiary/aromatic N) is 12. The van der Waals surface area contributed by atoms with Crippen molar-refractivity contribution in [2.45, 2.75) is 181 Å². The van der Waals surface area contributed by atoms with Crippen LogP contribution >= 0.6 is 0 Å². The topological polar surface area (TPSA) is 311 Å². The van der Waals surface area contributed by atoms with E-state index in [2.05, 4.69) is 129 Å². The fourth-order valence-electron chi connectivity index (χ4n) is 17.7. The second-order valence-corrected chi connectivity index (χ2v) is 36.5. The molecule has 2 aliphatic carbocycles. The quantitative estimate of drug-likeness (QED) is 0.0257. The van der Waals surface area contributed by atoms with E-state index in [9.17, 15) is 24.0 Å². The average Bonchev–Trinajstić information content (AvgIpc) is 1.65. The number of rotatable bonds is 49. The summed E-state index contributed by atoms with van der Waals surface area (Å²) < 4.78 is 85.9. The van der Waals surface area contributed by atoms with Crippen LogP contribution in [0.3, 0.4) is 0 Å². The van der Waals surface area contributed by atoms with Crippen LogP contribution in [-0.2, 0) is 78.4 Å². The van der Waals surface area contributed by atoms with Gasteiger partial charge in [-0.2, -0.15) is 0 Å². The number of piperidine rings is 2. The highest BCUT2D eigenvalue weighted by molar-refractivity contribution is 5.86. The summed E-state index contributed by atoms with van der Waals surface area (Å²) in [6.45, 7) is 30.3. The van der Waals surface area contributed by atoms with Gasteiger partial charge in [-0.25, -0.2) is 13.6 Å². The van der Waals surface area contributed by atoms with Gasteiger partial charge in [0.1, 0.15) is 17.2 Å². The number of benzene rings is 2. The number of halogens is 2. The zero-order chi connectivity index (χ0) is 92.0. The summed E-state index contributed by atoms with van der Waals surface area (Å²) in [6.07, 6.45) is 21.5. The number of fused-ring (bicyclic) bond motifs is 2. The van der Waals surface area contributed by atoms with Gasteiger partial charge in [-0.3, -0.25) is 48.9 Å². The van der Waals surface area contributed by atoms with E-state index in [-0.39, 0.29) is 83.9 Å². The maximum atomic E-state index is 16.3. The Morgan fingerprint density at radius 1 is 0.450 bits per heavy atom. The lowest BCUT2D eigenvalue weighted by molar-refractivity contribution is -0.123. The van der Waals surface area contributed by atoms with Crippen molar-refractivity contribution in [2.24, 2.45) is 17.6 Å². The van der Waals surface area contributed by atoms with Gasteiger partial charge in [0.15, 0.2) is 10.9 Å². The molecule has 6 aliphatic rings. The summed E-state index contributed by atoms with van der Waals surface area (Å²) in [5, 5.41) is 9.56. The molecule has 8 aromatic rings. The summed E-state index contributed by atoms with van der Waals surface area (Å²) in [5.41, 5.74) is 17.0. The van der Waals surface area contributed by atoms with E-state index in [4.69, 9.17) is 48.4 Å². The zero-order valence-corrected chi connectivity index (χ0v) is 77.9. The molecule has 0 radical (unpaired) electrons. The van der Waals surface area contributed by atoms with Gasteiger partial charge in [-0.1, -0.05) is 0 Å². The number of anilines is 4. The predicted octanol–water partition coefficient (Wildman–Crippen LogP) is 11.4. The van der Waals surface area contributed by atoms with E-state index < -0.39 is 17.5 Å². The average molecular weight is 1810 g/mol. The van der Waals surface area contributed by atoms with Crippen LogP contribution < -0.4 is 52.1 Å². The van der Waals surface area contributed by atoms with Gasteiger partial charge < -0.3 is 93.0 Å². The van der Waals surface area contributed by atoms with Crippen molar-refractivity contribution in [2.75, 3.05) is 204 Å². The second-order valence-electron chi connectivity index (χ2n) is 36.5. The molecule has 2 aromatic carbocycles. The Balaban J connectivity index is 0.000000224. The molecule has 6 fully saturated rings. The second kappa shape index (κ2) is 49.9. The Kier molecular flexibility index (Phi) is 37.6. The van der Waals surface area contributed by atoms with Crippen LogP contribution in [0.5, 0.6) is 0 Å². The molecule has 0 bridgehead atoms. The van der Waals surface area contributed by atoms with Crippen LogP contribution in [-0.4, -0.2) is 259 Å². The molecule has 0 unspecified atom stereocenters. The number of aromatic nitrogens is 6. The van der Waals surface area contributed by atoms with Crippen molar-refractivity contribution in [3.05, 3.63) is 187 Å². The van der Waals surface area contributed by atoms with Crippen molar-refractivity contribution in [3.8, 4) is 0 Å². The third-order valence-corrected chi connectivity index (χ3v) is 24.8. The molecule has 4 saturated heterocycles. The molecule has 30 nitrogen and oxygen atoms in total. The van der Waals surface area contributed by atoms with E-state index in [1.807, 2.05) is 91.6 Å². The molecule has 5 N–H and O–H groups in total. The van der Waals surface area contributed by atoms with Crippen LogP contribution in [0.25, 0.3) is 21.8 Å². The molecule has 6 aromatic heterocycles. The van der Waals surface area contributed by atoms with Crippen LogP contribution in [0.1, 0.15) is 155 Å². The summed E-state index contributed by atoms with van der Waals surface area (Å²) >= 11 is 0. The summed E-state index contributed by atoms with van der Waals surface area (Å²) in [6, 6.07) is 24.4. The van der Waals surface area contributed by atoms with Gasteiger partial charge in [0.2, 0.25) is 11.8 Å². The first kappa shape index (κ1) is 98.8. The van der Waals surface area contributed by atoms with Crippen LogP contribution in [0.2, 0.25) is 0 Å². The Hall–Kier alpha value is -9.71. The van der Waals surface area contributed by atoms with Crippen molar-refractivity contribution in [1.29, 1.82) is 0 Å². The fraction of sp³-hybridized carbons (Fsp3) is 0.586. The standard InChI is InChI=1S/C52H73FN8O8.C47H65FN8O6/c1-37-8-9-43(31-56-37)58-17-6-7-44(36-58)60(32-39-12-15-54-38(2)27-39)34-41-35-61(42-10-11-42)47-29-48(46(53)28-45(47)50(41)63)59-18-13-40(33-59)30-57-49(62)14-19-65-21-23-67-25-26-68-24-22-66-20-16-55-51(64)69-52(3,4)5;1-34-5-6-40(28-51-34)53-14-3-4-41(33-53)55(29-36-9-13-50-35(2)24-36)31-38-32-56(39-7-8-39)44-26-45(43(48)25-42(44)47(38)58)54-15-10-37(30-54)27-52-46(57)11-16-59-18-20-61-22-23-62-21-19-60-17-12-49/h8-9,12,15,27-29,31,35,40,42,44H,6-7,10-11,13-14,16-26,30,32-34,36H2,1-5H3,(H,55,64)(H,57,62);5-6,9,13,24-26,28,32,37,39,41H,3-4,7-8,10-12,14-23,27,29-31,33,49H2,1-2H3,(H,52,57)/t40-,44+;37-,41+/m11/s1. The zero-order valence-electron chi connectivity index (χ0n) is 77.9.